The molecule has 2 aromatic rings. The Labute approximate surface area is 133 Å². The van der Waals surface area contributed by atoms with E-state index in [2.05, 4.69) is 55.8 Å². The van der Waals surface area contributed by atoms with Crippen molar-refractivity contribution in [3.63, 3.8) is 0 Å². The Morgan fingerprint density at radius 3 is 2.36 bits per heavy atom. The van der Waals surface area contributed by atoms with Crippen LogP contribution >= 0.6 is 0 Å². The number of aryl methyl sites for hydroxylation is 1. The maximum atomic E-state index is 8.91. The van der Waals surface area contributed by atoms with E-state index in [1.807, 2.05) is 7.05 Å². The molecule has 0 saturated carbocycles. The Morgan fingerprint density at radius 1 is 1.23 bits per heavy atom. The summed E-state index contributed by atoms with van der Waals surface area (Å²) in [6.07, 6.45) is 3.50. The largest absolute Gasteiger partial charge is 0.396 e. The lowest BCUT2D eigenvalue weighted by molar-refractivity contribution is 0.275. The topological polar surface area (TPSA) is 64.1 Å². The molecule has 0 amide bonds. The lowest BCUT2D eigenvalue weighted by atomic mass is 9.96. The van der Waals surface area contributed by atoms with Crippen molar-refractivity contribution in [2.45, 2.75) is 45.1 Å². The molecule has 22 heavy (non-hydrogen) atoms. The number of hydrogen-bond donors (Lipinski definition) is 2. The van der Waals surface area contributed by atoms with E-state index in [1.165, 1.54) is 5.56 Å². The Bertz CT molecular complexity index is 608. The fourth-order valence-electron chi connectivity index (χ4n) is 2.68. The standard InChI is InChI=1S/C18H27N3O/c1-18(2,3)17-20-16(12-21(17)4)14-7-5-13(6-8-14)11-15(19)9-10-22/h5-8,12,15,22H,9-11,19H2,1-4H3/t15-/m1/s1. The first-order chi connectivity index (χ1) is 10.3. The van der Waals surface area contributed by atoms with Crippen molar-refractivity contribution in [3.8, 4) is 11.3 Å². The molecule has 0 radical (unpaired) electrons. The van der Waals surface area contributed by atoms with Gasteiger partial charge in [0, 0.05) is 36.9 Å². The van der Waals surface area contributed by atoms with E-state index in [1.54, 1.807) is 0 Å². The number of nitrogens with two attached hydrogens (primary N) is 1. The molecule has 1 aromatic carbocycles. The first-order valence-corrected chi connectivity index (χ1v) is 7.81. The van der Waals surface area contributed by atoms with Crippen molar-refractivity contribution in [2.75, 3.05) is 6.61 Å². The Balaban J connectivity index is 2.17. The van der Waals surface area contributed by atoms with Gasteiger partial charge in [0.25, 0.3) is 0 Å². The molecular weight excluding hydrogens is 274 g/mol. The van der Waals surface area contributed by atoms with Crippen molar-refractivity contribution in [2.24, 2.45) is 12.8 Å². The van der Waals surface area contributed by atoms with Crippen LogP contribution in [0.4, 0.5) is 0 Å². The van der Waals surface area contributed by atoms with E-state index in [4.69, 9.17) is 15.8 Å². The van der Waals surface area contributed by atoms with Gasteiger partial charge in [0.2, 0.25) is 0 Å². The van der Waals surface area contributed by atoms with Crippen LogP contribution in [-0.2, 0) is 18.9 Å². The number of nitrogens with zero attached hydrogens (tertiary/aromatic N) is 2. The van der Waals surface area contributed by atoms with E-state index in [-0.39, 0.29) is 18.1 Å². The van der Waals surface area contributed by atoms with Gasteiger partial charge in [0.05, 0.1) is 5.69 Å². The molecule has 4 heteroatoms. The van der Waals surface area contributed by atoms with Gasteiger partial charge < -0.3 is 15.4 Å². The lowest BCUT2D eigenvalue weighted by Gasteiger charge is -2.17. The molecule has 0 unspecified atom stereocenters. The van der Waals surface area contributed by atoms with Gasteiger partial charge in [-0.2, -0.15) is 0 Å². The predicted molar refractivity (Wildman–Crippen MR) is 90.7 cm³/mol. The normalized spacial score (nSPS) is 13.4. The molecule has 1 atom stereocenters. The van der Waals surface area contributed by atoms with Crippen molar-refractivity contribution < 1.29 is 5.11 Å². The smallest absolute Gasteiger partial charge is 0.114 e. The number of benzene rings is 1. The number of hydrogen-bond acceptors (Lipinski definition) is 3. The molecule has 120 valence electrons. The van der Waals surface area contributed by atoms with Gasteiger partial charge in [0.1, 0.15) is 5.82 Å². The monoisotopic (exact) mass is 301 g/mol. The van der Waals surface area contributed by atoms with Gasteiger partial charge in [-0.1, -0.05) is 45.0 Å². The number of aliphatic hydroxyl groups excluding tert-OH is 1. The van der Waals surface area contributed by atoms with Crippen molar-refractivity contribution in [1.82, 2.24) is 9.55 Å². The van der Waals surface area contributed by atoms with E-state index < -0.39 is 0 Å². The highest BCUT2D eigenvalue weighted by atomic mass is 16.3. The molecule has 0 aliphatic heterocycles. The lowest BCUT2D eigenvalue weighted by Crippen LogP contribution is -2.23. The first-order valence-electron chi connectivity index (χ1n) is 7.81. The third-order valence-corrected chi connectivity index (χ3v) is 3.79. The summed E-state index contributed by atoms with van der Waals surface area (Å²) < 4.78 is 2.10. The SMILES string of the molecule is Cn1cc(-c2ccc(C[C@H](N)CCO)cc2)nc1C(C)(C)C. The van der Waals surface area contributed by atoms with Crippen LogP contribution < -0.4 is 5.73 Å². The number of imidazole rings is 1. The highest BCUT2D eigenvalue weighted by Gasteiger charge is 2.20. The van der Waals surface area contributed by atoms with Crippen LogP contribution in [-0.4, -0.2) is 27.3 Å². The molecular formula is C18H27N3O. The fourth-order valence-corrected chi connectivity index (χ4v) is 2.68. The van der Waals surface area contributed by atoms with Crippen molar-refractivity contribution in [1.29, 1.82) is 0 Å². The van der Waals surface area contributed by atoms with Gasteiger partial charge in [-0.25, -0.2) is 4.98 Å². The third kappa shape index (κ3) is 3.96. The molecule has 0 fully saturated rings. The summed E-state index contributed by atoms with van der Waals surface area (Å²) in [7, 11) is 2.04. The summed E-state index contributed by atoms with van der Waals surface area (Å²) in [6.45, 7) is 6.66. The highest BCUT2D eigenvalue weighted by molar-refractivity contribution is 5.59. The second-order valence-electron chi connectivity index (χ2n) is 6.98. The molecule has 0 bridgehead atoms. The van der Waals surface area contributed by atoms with Crippen LogP contribution in [0.15, 0.2) is 30.5 Å². The molecule has 1 aromatic heterocycles. The number of aliphatic hydroxyl groups is 1. The molecule has 3 N–H and O–H groups in total. The fraction of sp³-hybridized carbons (Fsp3) is 0.500. The highest BCUT2D eigenvalue weighted by Crippen LogP contribution is 2.25. The Morgan fingerprint density at radius 2 is 1.86 bits per heavy atom. The molecule has 0 spiro atoms. The van der Waals surface area contributed by atoms with Crippen LogP contribution in [0.5, 0.6) is 0 Å². The third-order valence-electron chi connectivity index (χ3n) is 3.79. The van der Waals surface area contributed by atoms with Crippen LogP contribution in [0, 0.1) is 0 Å². The summed E-state index contributed by atoms with van der Waals surface area (Å²) in [5.41, 5.74) is 9.30. The summed E-state index contributed by atoms with van der Waals surface area (Å²) in [6, 6.07) is 8.39. The molecule has 0 saturated heterocycles. The molecule has 0 aliphatic rings. The van der Waals surface area contributed by atoms with Gasteiger partial charge in [-0.15, -0.1) is 0 Å². The second-order valence-corrected chi connectivity index (χ2v) is 6.98. The first kappa shape index (κ1) is 16.7. The minimum Gasteiger partial charge on any atom is -0.396 e. The molecule has 4 nitrogen and oxygen atoms in total. The minimum atomic E-state index is 0.0122. The van der Waals surface area contributed by atoms with Crippen LogP contribution in [0.25, 0.3) is 11.3 Å². The van der Waals surface area contributed by atoms with Gasteiger partial charge in [-0.05, 0) is 18.4 Å². The van der Waals surface area contributed by atoms with Gasteiger partial charge in [0.15, 0.2) is 0 Å². The maximum Gasteiger partial charge on any atom is 0.114 e. The van der Waals surface area contributed by atoms with E-state index in [9.17, 15) is 0 Å². The zero-order valence-electron chi connectivity index (χ0n) is 14.0. The van der Waals surface area contributed by atoms with Crippen LogP contribution in [0.2, 0.25) is 0 Å². The predicted octanol–water partition coefficient (Wildman–Crippen LogP) is 2.64. The summed E-state index contributed by atoms with van der Waals surface area (Å²) in [4.78, 5) is 4.78. The summed E-state index contributed by atoms with van der Waals surface area (Å²) in [5.74, 6) is 1.08. The van der Waals surface area contributed by atoms with Crippen LogP contribution in [0.3, 0.4) is 0 Å². The molecule has 2 rings (SSSR count). The van der Waals surface area contributed by atoms with Crippen molar-refractivity contribution in [3.05, 3.63) is 41.9 Å². The average Bonchev–Trinajstić information content (AvgIpc) is 2.82. The minimum absolute atomic E-state index is 0.0122. The average molecular weight is 301 g/mol. The Hall–Kier alpha value is -1.65. The van der Waals surface area contributed by atoms with E-state index >= 15 is 0 Å². The summed E-state index contributed by atoms with van der Waals surface area (Å²) >= 11 is 0. The zero-order valence-corrected chi connectivity index (χ0v) is 14.0. The number of rotatable bonds is 5. The molecule has 0 aliphatic carbocycles. The van der Waals surface area contributed by atoms with Crippen LogP contribution in [0.1, 0.15) is 38.6 Å². The number of aromatic nitrogens is 2. The summed E-state index contributed by atoms with van der Waals surface area (Å²) in [5, 5.41) is 8.91. The van der Waals surface area contributed by atoms with Gasteiger partial charge >= 0.3 is 0 Å². The van der Waals surface area contributed by atoms with E-state index in [0.717, 1.165) is 23.5 Å². The van der Waals surface area contributed by atoms with E-state index in [0.29, 0.717) is 6.42 Å². The quantitative estimate of drug-likeness (QED) is 0.892. The maximum absolute atomic E-state index is 8.91. The zero-order chi connectivity index (χ0) is 16.3. The van der Waals surface area contributed by atoms with Crippen molar-refractivity contribution >= 4 is 0 Å². The second kappa shape index (κ2) is 6.63. The van der Waals surface area contributed by atoms with Gasteiger partial charge in [-0.3, -0.25) is 0 Å². The molecule has 1 heterocycles. The Kier molecular flexibility index (Phi) is 5.04.